The fourth-order valence-electron chi connectivity index (χ4n) is 2.34. The van der Waals surface area contributed by atoms with Gasteiger partial charge in [0.1, 0.15) is 11.6 Å². The molecule has 2 aromatic rings. The van der Waals surface area contributed by atoms with Crippen LogP contribution in [0.4, 0.5) is 10.2 Å². The predicted molar refractivity (Wildman–Crippen MR) is 98.4 cm³/mol. The number of hydrogen-bond donors (Lipinski definition) is 3. The third-order valence-electron chi connectivity index (χ3n) is 3.72. The van der Waals surface area contributed by atoms with Crippen LogP contribution in [0.25, 0.3) is 0 Å². The predicted octanol–water partition coefficient (Wildman–Crippen LogP) is 2.98. The number of hydrogen-bond acceptors (Lipinski definition) is 5. The van der Waals surface area contributed by atoms with Crippen molar-refractivity contribution < 1.29 is 23.8 Å². The van der Waals surface area contributed by atoms with Crippen molar-refractivity contribution >= 4 is 17.7 Å². The number of amides is 1. The van der Waals surface area contributed by atoms with E-state index in [0.29, 0.717) is 43.1 Å². The van der Waals surface area contributed by atoms with Crippen molar-refractivity contribution in [3.05, 3.63) is 53.7 Å². The lowest BCUT2D eigenvalue weighted by atomic mass is 10.2. The van der Waals surface area contributed by atoms with Crippen LogP contribution in [0.1, 0.15) is 35.2 Å². The molecule has 1 heterocycles. The standard InChI is InChI=1S/C19H22FN3O4/c20-13-27-16-5-3-4-14(10-16)11-22-17-8-7-15(12-23-17)19(26)21-9-2-1-6-18(24)25/h3-5,7-8,10,12H,1-2,6,9,11,13H2,(H,21,26)(H,22,23)(H,24,25). The van der Waals surface area contributed by atoms with Gasteiger partial charge in [-0.1, -0.05) is 12.1 Å². The second-order valence-corrected chi connectivity index (χ2v) is 5.79. The molecular formula is C19H22FN3O4. The molecule has 27 heavy (non-hydrogen) atoms. The highest BCUT2D eigenvalue weighted by atomic mass is 19.1. The Labute approximate surface area is 156 Å². The van der Waals surface area contributed by atoms with Crippen LogP contribution in [-0.4, -0.2) is 35.4 Å². The number of carbonyl (C=O) groups is 2. The Morgan fingerprint density at radius 3 is 2.74 bits per heavy atom. The number of unbranched alkanes of at least 4 members (excludes halogenated alkanes) is 1. The quantitative estimate of drug-likeness (QED) is 0.522. The Hall–Kier alpha value is -3.16. The molecule has 8 heteroatoms. The van der Waals surface area contributed by atoms with E-state index in [9.17, 15) is 14.0 Å². The first kappa shape index (κ1) is 20.2. The maximum Gasteiger partial charge on any atom is 0.303 e. The smallest absolute Gasteiger partial charge is 0.303 e. The van der Waals surface area contributed by atoms with Gasteiger partial charge in [-0.05, 0) is 42.7 Å². The lowest BCUT2D eigenvalue weighted by molar-refractivity contribution is -0.137. The van der Waals surface area contributed by atoms with E-state index in [0.717, 1.165) is 5.56 Å². The summed E-state index contributed by atoms with van der Waals surface area (Å²) in [4.78, 5) is 26.6. The van der Waals surface area contributed by atoms with Gasteiger partial charge in [0.25, 0.3) is 5.91 Å². The Morgan fingerprint density at radius 1 is 1.19 bits per heavy atom. The molecule has 0 atom stereocenters. The van der Waals surface area contributed by atoms with Gasteiger partial charge in [-0.2, -0.15) is 0 Å². The summed E-state index contributed by atoms with van der Waals surface area (Å²) >= 11 is 0. The van der Waals surface area contributed by atoms with E-state index in [1.54, 1.807) is 30.3 Å². The van der Waals surface area contributed by atoms with Gasteiger partial charge in [0, 0.05) is 25.7 Å². The molecule has 0 aliphatic heterocycles. The number of halogens is 1. The van der Waals surface area contributed by atoms with Crippen molar-refractivity contribution in [3.63, 3.8) is 0 Å². The summed E-state index contributed by atoms with van der Waals surface area (Å²) in [7, 11) is 0. The first-order chi connectivity index (χ1) is 13.1. The van der Waals surface area contributed by atoms with Crippen LogP contribution in [-0.2, 0) is 11.3 Å². The Bertz CT molecular complexity index is 753. The molecule has 1 aromatic heterocycles. The number of anilines is 1. The number of nitrogens with one attached hydrogen (secondary N) is 2. The van der Waals surface area contributed by atoms with Crippen LogP contribution in [0.3, 0.4) is 0 Å². The zero-order valence-electron chi connectivity index (χ0n) is 14.8. The fraction of sp³-hybridized carbons (Fsp3) is 0.316. The maximum absolute atomic E-state index is 12.2. The van der Waals surface area contributed by atoms with Crippen molar-refractivity contribution in [3.8, 4) is 5.75 Å². The Balaban J connectivity index is 1.78. The largest absolute Gasteiger partial charge is 0.481 e. The SMILES string of the molecule is O=C(O)CCCCNC(=O)c1ccc(NCc2cccc(OCF)c2)nc1. The number of pyridine rings is 1. The van der Waals surface area contributed by atoms with Crippen molar-refractivity contribution in [2.75, 3.05) is 18.7 Å². The van der Waals surface area contributed by atoms with E-state index in [4.69, 9.17) is 9.84 Å². The van der Waals surface area contributed by atoms with Crippen LogP contribution in [0.15, 0.2) is 42.6 Å². The summed E-state index contributed by atoms with van der Waals surface area (Å²) in [6, 6.07) is 10.4. The number of aromatic nitrogens is 1. The van der Waals surface area contributed by atoms with E-state index in [2.05, 4.69) is 15.6 Å². The third-order valence-corrected chi connectivity index (χ3v) is 3.72. The van der Waals surface area contributed by atoms with Gasteiger partial charge in [0.05, 0.1) is 5.56 Å². The van der Waals surface area contributed by atoms with E-state index >= 15 is 0 Å². The molecule has 0 unspecified atom stereocenters. The summed E-state index contributed by atoms with van der Waals surface area (Å²) in [5.41, 5.74) is 1.34. The number of alkyl halides is 1. The second kappa shape index (κ2) is 10.7. The number of ether oxygens (including phenoxy) is 1. The van der Waals surface area contributed by atoms with Crippen LogP contribution < -0.4 is 15.4 Å². The number of rotatable bonds is 11. The number of aliphatic carboxylic acids is 1. The molecule has 1 amide bonds. The lowest BCUT2D eigenvalue weighted by Crippen LogP contribution is -2.24. The molecule has 0 saturated heterocycles. The molecule has 3 N–H and O–H groups in total. The van der Waals surface area contributed by atoms with Crippen molar-refractivity contribution in [1.29, 1.82) is 0 Å². The van der Waals surface area contributed by atoms with Crippen molar-refractivity contribution in [2.24, 2.45) is 0 Å². The van der Waals surface area contributed by atoms with Gasteiger partial charge < -0.3 is 20.5 Å². The molecular weight excluding hydrogens is 353 g/mol. The summed E-state index contributed by atoms with van der Waals surface area (Å²) in [6.45, 7) is 0.0243. The molecule has 0 fully saturated rings. The molecule has 1 aromatic carbocycles. The molecule has 7 nitrogen and oxygen atoms in total. The average Bonchev–Trinajstić information content (AvgIpc) is 2.67. The van der Waals surface area contributed by atoms with E-state index in [1.807, 2.05) is 6.07 Å². The van der Waals surface area contributed by atoms with Crippen LogP contribution >= 0.6 is 0 Å². The topological polar surface area (TPSA) is 101 Å². The minimum atomic E-state index is -0.873. The van der Waals surface area contributed by atoms with Crippen molar-refractivity contribution in [1.82, 2.24) is 10.3 Å². The Morgan fingerprint density at radius 2 is 2.04 bits per heavy atom. The minimum Gasteiger partial charge on any atom is -0.481 e. The monoisotopic (exact) mass is 375 g/mol. The first-order valence-electron chi connectivity index (χ1n) is 8.56. The van der Waals surface area contributed by atoms with Crippen molar-refractivity contribution in [2.45, 2.75) is 25.8 Å². The normalized spacial score (nSPS) is 10.3. The average molecular weight is 375 g/mol. The van der Waals surface area contributed by atoms with Gasteiger partial charge in [-0.3, -0.25) is 9.59 Å². The number of carbonyl (C=O) groups excluding carboxylic acids is 1. The summed E-state index contributed by atoms with van der Waals surface area (Å²) < 4.78 is 17.0. The number of carboxylic acid groups (broad SMARTS) is 1. The van der Waals surface area contributed by atoms with Crippen LogP contribution in [0, 0.1) is 0 Å². The number of benzene rings is 1. The molecule has 0 aliphatic carbocycles. The molecule has 0 saturated carbocycles. The summed E-state index contributed by atoms with van der Waals surface area (Å²) in [6.07, 6.45) is 2.70. The number of carboxylic acids is 1. The van der Waals surface area contributed by atoms with Gasteiger partial charge in [0.2, 0.25) is 6.86 Å². The highest BCUT2D eigenvalue weighted by Crippen LogP contribution is 2.15. The highest BCUT2D eigenvalue weighted by molar-refractivity contribution is 5.94. The lowest BCUT2D eigenvalue weighted by Gasteiger charge is -2.09. The Kier molecular flexibility index (Phi) is 8.02. The number of nitrogens with zero attached hydrogens (tertiary/aromatic N) is 1. The fourth-order valence-corrected chi connectivity index (χ4v) is 2.34. The molecule has 0 bridgehead atoms. The van der Waals surface area contributed by atoms with E-state index < -0.39 is 12.8 Å². The molecule has 0 spiro atoms. The summed E-state index contributed by atoms with van der Waals surface area (Å²) in [5.74, 6) is -0.0271. The molecule has 0 radical (unpaired) electrons. The highest BCUT2D eigenvalue weighted by Gasteiger charge is 2.06. The minimum absolute atomic E-state index is 0.0978. The van der Waals surface area contributed by atoms with Crippen LogP contribution in [0.5, 0.6) is 5.75 Å². The summed E-state index contributed by atoms with van der Waals surface area (Å²) in [5, 5.41) is 14.4. The molecule has 144 valence electrons. The maximum atomic E-state index is 12.2. The molecule has 2 rings (SSSR count). The van der Waals surface area contributed by atoms with Gasteiger partial charge >= 0.3 is 5.97 Å². The third kappa shape index (κ3) is 7.31. The zero-order chi connectivity index (χ0) is 19.5. The first-order valence-corrected chi connectivity index (χ1v) is 8.56. The van der Waals surface area contributed by atoms with Gasteiger partial charge in [-0.25, -0.2) is 9.37 Å². The van der Waals surface area contributed by atoms with Gasteiger partial charge in [-0.15, -0.1) is 0 Å². The van der Waals surface area contributed by atoms with E-state index in [-0.39, 0.29) is 12.3 Å². The van der Waals surface area contributed by atoms with E-state index in [1.165, 1.54) is 6.20 Å². The zero-order valence-corrected chi connectivity index (χ0v) is 14.8. The van der Waals surface area contributed by atoms with Gasteiger partial charge in [0.15, 0.2) is 0 Å². The second-order valence-electron chi connectivity index (χ2n) is 5.79. The van der Waals surface area contributed by atoms with Crippen LogP contribution in [0.2, 0.25) is 0 Å². The molecule has 0 aliphatic rings.